The van der Waals surface area contributed by atoms with E-state index in [0.29, 0.717) is 21.9 Å². The fourth-order valence-corrected chi connectivity index (χ4v) is 3.35. The summed E-state index contributed by atoms with van der Waals surface area (Å²) in [5.74, 6) is 0.0958. The van der Waals surface area contributed by atoms with Gasteiger partial charge in [0.2, 0.25) is 6.16 Å². The van der Waals surface area contributed by atoms with Gasteiger partial charge in [0, 0.05) is 11.8 Å². The molecular weight excluding hydrogens is 438 g/mol. The average molecular weight is 453 g/mol. The van der Waals surface area contributed by atoms with Gasteiger partial charge in [0.25, 0.3) is 0 Å². The van der Waals surface area contributed by atoms with Crippen LogP contribution in [0.5, 0.6) is 5.75 Å². The van der Waals surface area contributed by atoms with Gasteiger partial charge in [-0.05, 0) is 25.1 Å². The van der Waals surface area contributed by atoms with E-state index in [1.807, 2.05) is 18.2 Å². The smallest absolute Gasteiger partial charge is 0.565 e. The third-order valence-electron chi connectivity index (χ3n) is 3.50. The Balaban J connectivity index is 0.000000827. The molecule has 1 unspecified atom stereocenters. The van der Waals surface area contributed by atoms with Gasteiger partial charge in [-0.3, -0.25) is 9.19 Å². The predicted molar refractivity (Wildman–Crippen MR) is 94.8 cm³/mol. The molecule has 2 N–H and O–H groups in total. The number of carbonyl (C=O) groups is 1. The normalized spacial score (nSPS) is 11.7. The number of pyridine rings is 1. The first-order valence-corrected chi connectivity index (χ1v) is 9.26. The molecule has 1 aromatic carbocycles. The van der Waals surface area contributed by atoms with Crippen LogP contribution in [0.2, 0.25) is 0 Å². The number of fused-ring (bicyclic) bond motifs is 1. The zero-order chi connectivity index (χ0) is 21.6. The van der Waals surface area contributed by atoms with Crippen molar-refractivity contribution < 1.29 is 66.7 Å². The standard InChI is InChI=1S/C16H14F3N3O2S.CH2O3.Na/c1-10-13(20-7-6-14(10)24-9-16(17,18)19)8-25(23)15-21-11-4-2-3-5-12(11)22-15;2-1(3)4;/h2-7H,8-9H2,1H3,(H,21,22);(H2,2,3,4);/q;;+1/p-1. The fourth-order valence-electron chi connectivity index (χ4n) is 2.25. The van der Waals surface area contributed by atoms with Crippen LogP contribution in [0.4, 0.5) is 18.0 Å². The van der Waals surface area contributed by atoms with Gasteiger partial charge in [0.1, 0.15) is 5.75 Å². The third kappa shape index (κ3) is 7.94. The molecule has 3 aromatic rings. The number of nitrogens with one attached hydrogen (secondary N) is 1. The molecule has 2 aromatic heterocycles. The van der Waals surface area contributed by atoms with Crippen molar-refractivity contribution in [1.82, 2.24) is 15.0 Å². The third-order valence-corrected chi connectivity index (χ3v) is 4.66. The molecule has 0 saturated heterocycles. The van der Waals surface area contributed by atoms with Gasteiger partial charge < -0.3 is 24.7 Å². The van der Waals surface area contributed by atoms with Crippen LogP contribution in [0.1, 0.15) is 11.3 Å². The molecule has 30 heavy (non-hydrogen) atoms. The Kier molecular flexibility index (Phi) is 9.75. The van der Waals surface area contributed by atoms with Crippen molar-refractivity contribution in [3.8, 4) is 5.75 Å². The molecule has 2 heterocycles. The van der Waals surface area contributed by atoms with Crippen molar-refractivity contribution in [3.63, 3.8) is 0 Å². The summed E-state index contributed by atoms with van der Waals surface area (Å²) in [6, 6.07) is 8.62. The summed E-state index contributed by atoms with van der Waals surface area (Å²) in [7, 11) is -1.51. The van der Waals surface area contributed by atoms with Gasteiger partial charge >= 0.3 is 35.7 Å². The molecule has 0 aliphatic heterocycles. The van der Waals surface area contributed by atoms with Crippen LogP contribution in [0, 0.1) is 6.92 Å². The van der Waals surface area contributed by atoms with Crippen LogP contribution in [0.25, 0.3) is 11.0 Å². The van der Waals surface area contributed by atoms with E-state index in [0.717, 1.165) is 5.52 Å². The molecule has 0 amide bonds. The van der Waals surface area contributed by atoms with Crippen LogP contribution in [0.3, 0.4) is 0 Å². The van der Waals surface area contributed by atoms with E-state index in [2.05, 4.69) is 15.0 Å². The molecule has 0 radical (unpaired) electrons. The first kappa shape index (κ1) is 25.9. The molecule has 0 bridgehead atoms. The van der Waals surface area contributed by atoms with Crippen molar-refractivity contribution >= 4 is 28.0 Å². The number of nitrogens with zero attached hydrogens (tertiary/aromatic N) is 2. The number of rotatable bonds is 5. The second-order valence-corrected chi connectivity index (χ2v) is 6.97. The second-order valence-electron chi connectivity index (χ2n) is 5.60. The number of para-hydroxylation sites is 2. The number of ether oxygens (including phenoxy) is 1. The predicted octanol–water partition coefficient (Wildman–Crippen LogP) is -0.593. The van der Waals surface area contributed by atoms with E-state index in [1.54, 1.807) is 13.0 Å². The van der Waals surface area contributed by atoms with E-state index < -0.39 is 29.7 Å². The molecule has 156 valence electrons. The minimum Gasteiger partial charge on any atom is -0.565 e. The Labute approximate surface area is 193 Å². The Morgan fingerprint density at radius 1 is 1.30 bits per heavy atom. The average Bonchev–Trinajstić information content (AvgIpc) is 3.05. The molecule has 8 nitrogen and oxygen atoms in total. The number of carboxylic acid groups (broad SMARTS) is 2. The number of hydrogen-bond donors (Lipinski definition) is 2. The summed E-state index contributed by atoms with van der Waals surface area (Å²) in [5.41, 5.74) is 2.28. The number of hydrogen-bond acceptors (Lipinski definition) is 6. The SMILES string of the molecule is Cc1c(OCC(F)(F)F)ccnc1CS(=O)c1nc2ccccc2[nH]1.O=C([O-])O.[Na+]. The van der Waals surface area contributed by atoms with Gasteiger partial charge in [-0.1, -0.05) is 12.1 Å². The van der Waals surface area contributed by atoms with Crippen molar-refractivity contribution in [2.45, 2.75) is 24.0 Å². The zero-order valence-corrected chi connectivity index (χ0v) is 18.7. The van der Waals surface area contributed by atoms with E-state index in [-0.39, 0.29) is 41.1 Å². The topological polar surface area (TPSA) is 128 Å². The summed E-state index contributed by atoms with van der Waals surface area (Å²) in [4.78, 5) is 19.8. The number of alkyl halides is 3. The molecule has 0 aliphatic rings. The van der Waals surface area contributed by atoms with Gasteiger partial charge in [0.05, 0.1) is 33.3 Å². The molecule has 0 fully saturated rings. The van der Waals surface area contributed by atoms with Crippen LogP contribution in [0.15, 0.2) is 41.7 Å². The Morgan fingerprint density at radius 2 is 1.93 bits per heavy atom. The van der Waals surface area contributed by atoms with Crippen molar-refractivity contribution in [1.29, 1.82) is 0 Å². The second kappa shape index (κ2) is 11.3. The monoisotopic (exact) mass is 453 g/mol. The van der Waals surface area contributed by atoms with Gasteiger partial charge in [-0.15, -0.1) is 0 Å². The van der Waals surface area contributed by atoms with Gasteiger partial charge in [-0.2, -0.15) is 13.2 Å². The maximum Gasteiger partial charge on any atom is 1.00 e. The first-order chi connectivity index (χ1) is 13.6. The summed E-state index contributed by atoms with van der Waals surface area (Å²) < 4.78 is 54.2. The van der Waals surface area contributed by atoms with E-state index >= 15 is 0 Å². The molecule has 13 heteroatoms. The molecular formula is C17H15F3N3NaO5S. The molecule has 0 aliphatic carbocycles. The quantitative estimate of drug-likeness (QED) is 0.494. The first-order valence-electron chi connectivity index (χ1n) is 7.94. The number of aromatic amines is 1. The summed E-state index contributed by atoms with van der Waals surface area (Å²) in [6.07, 6.45) is -5.17. The number of aromatic nitrogens is 3. The number of halogens is 3. The number of benzene rings is 1. The van der Waals surface area contributed by atoms with E-state index in [4.69, 9.17) is 19.7 Å². The summed E-state index contributed by atoms with van der Waals surface area (Å²) in [6.45, 7) is 0.202. The van der Waals surface area contributed by atoms with Crippen LogP contribution in [-0.4, -0.2) is 43.2 Å². The van der Waals surface area contributed by atoms with Crippen LogP contribution in [-0.2, 0) is 16.6 Å². The number of imidazole rings is 1. The minimum atomic E-state index is -4.42. The van der Waals surface area contributed by atoms with E-state index in [9.17, 15) is 17.4 Å². The maximum absolute atomic E-state index is 12.5. The van der Waals surface area contributed by atoms with Gasteiger partial charge in [-0.25, -0.2) is 4.98 Å². The molecule has 1 atom stereocenters. The van der Waals surface area contributed by atoms with Crippen molar-refractivity contribution in [3.05, 3.63) is 47.8 Å². The van der Waals surface area contributed by atoms with Crippen LogP contribution >= 0.6 is 0 Å². The molecule has 3 rings (SSSR count). The Hall–Kier alpha value is -2.15. The van der Waals surface area contributed by atoms with Gasteiger partial charge in [0.15, 0.2) is 11.8 Å². The zero-order valence-electron chi connectivity index (χ0n) is 15.9. The van der Waals surface area contributed by atoms with Crippen molar-refractivity contribution in [2.75, 3.05) is 6.61 Å². The Morgan fingerprint density at radius 3 is 2.53 bits per heavy atom. The maximum atomic E-state index is 12.5. The molecule has 0 spiro atoms. The minimum absolute atomic E-state index is 0. The van der Waals surface area contributed by atoms with Crippen molar-refractivity contribution in [2.24, 2.45) is 0 Å². The fraction of sp³-hybridized carbons (Fsp3) is 0.235. The number of H-pyrrole nitrogens is 1. The van der Waals surface area contributed by atoms with E-state index in [1.165, 1.54) is 12.3 Å². The van der Waals surface area contributed by atoms with Crippen LogP contribution < -0.4 is 39.4 Å². The largest absolute Gasteiger partial charge is 1.00 e. The molecule has 0 saturated carbocycles. The summed E-state index contributed by atoms with van der Waals surface area (Å²) in [5, 5.41) is 15.6. The summed E-state index contributed by atoms with van der Waals surface area (Å²) >= 11 is 0. The Bertz CT molecular complexity index is 992.